The smallest absolute Gasteiger partial charge is 0.313 e. The van der Waals surface area contributed by atoms with Crippen LogP contribution in [0.1, 0.15) is 32.6 Å². The lowest BCUT2D eigenvalue weighted by Gasteiger charge is -2.28. The van der Waals surface area contributed by atoms with E-state index in [1.165, 1.54) is 25.7 Å². The van der Waals surface area contributed by atoms with Gasteiger partial charge in [0.2, 0.25) is 5.89 Å². The zero-order valence-corrected chi connectivity index (χ0v) is 14.9. The molecule has 26 heavy (non-hydrogen) atoms. The molecule has 1 aromatic heterocycles. The van der Waals surface area contributed by atoms with Gasteiger partial charge in [0, 0.05) is 11.6 Å². The van der Waals surface area contributed by atoms with E-state index in [0.717, 1.165) is 17.4 Å². The van der Waals surface area contributed by atoms with Crippen molar-refractivity contribution in [2.45, 2.75) is 38.6 Å². The summed E-state index contributed by atoms with van der Waals surface area (Å²) in [4.78, 5) is 12.2. The van der Waals surface area contributed by atoms with Crippen molar-refractivity contribution in [3.8, 4) is 17.2 Å². The van der Waals surface area contributed by atoms with Crippen molar-refractivity contribution in [2.24, 2.45) is 17.8 Å². The molecule has 0 aliphatic heterocycles. The van der Waals surface area contributed by atoms with E-state index in [2.05, 4.69) is 22.4 Å². The number of ether oxygens (including phenoxy) is 1. The summed E-state index contributed by atoms with van der Waals surface area (Å²) in [6, 6.07) is 7.36. The third kappa shape index (κ3) is 3.52. The molecular formula is C19H24N4O3. The van der Waals surface area contributed by atoms with Crippen LogP contribution in [0.5, 0.6) is 5.75 Å². The molecule has 2 saturated carbocycles. The van der Waals surface area contributed by atoms with Crippen molar-refractivity contribution >= 4 is 11.9 Å². The standard InChI is InChI=1S/C19H24N4O3/c1-11(16-9-12-2-3-14(16)8-12)21-17(24)10-25-15-6-4-13(5-7-15)18-22-23-19(20)26-18/h4-7,11-12,14,16H,2-3,8-10H2,1H3,(H2,20,23)(H,21,24)/t11-,12-,14-,16-/m0/s1. The molecular weight excluding hydrogens is 332 g/mol. The Morgan fingerprint density at radius 1 is 1.31 bits per heavy atom. The van der Waals surface area contributed by atoms with E-state index in [-0.39, 0.29) is 24.6 Å². The lowest BCUT2D eigenvalue weighted by atomic mass is 9.84. The SMILES string of the molecule is C[C@H](NC(=O)COc1ccc(-c2nnc(N)o2)cc1)[C@@H]1C[C@H]2CC[C@H]1C2. The van der Waals surface area contributed by atoms with Crippen molar-refractivity contribution in [1.29, 1.82) is 0 Å². The maximum Gasteiger partial charge on any atom is 0.313 e. The molecule has 2 aromatic rings. The molecule has 0 radical (unpaired) electrons. The fourth-order valence-electron chi connectivity index (χ4n) is 4.50. The number of fused-ring (bicyclic) bond motifs is 2. The van der Waals surface area contributed by atoms with Crippen LogP contribution in [0.4, 0.5) is 6.01 Å². The minimum absolute atomic E-state index is 0.0119. The Hall–Kier alpha value is -2.57. The van der Waals surface area contributed by atoms with Crippen LogP contribution in [0, 0.1) is 17.8 Å². The van der Waals surface area contributed by atoms with E-state index in [9.17, 15) is 4.79 Å². The maximum atomic E-state index is 12.2. The average Bonchev–Trinajstić information content (AvgIpc) is 3.37. The highest BCUT2D eigenvalue weighted by molar-refractivity contribution is 5.77. The van der Waals surface area contributed by atoms with Crippen LogP contribution in [-0.2, 0) is 4.79 Å². The fourth-order valence-corrected chi connectivity index (χ4v) is 4.50. The molecule has 1 heterocycles. The first kappa shape index (κ1) is 16.9. The molecule has 2 fully saturated rings. The number of aromatic nitrogens is 2. The third-order valence-corrected chi connectivity index (χ3v) is 5.74. The second-order valence-electron chi connectivity index (χ2n) is 7.45. The van der Waals surface area contributed by atoms with Crippen LogP contribution >= 0.6 is 0 Å². The highest BCUT2D eigenvalue weighted by Gasteiger charge is 2.42. The van der Waals surface area contributed by atoms with Gasteiger partial charge in [0.25, 0.3) is 5.91 Å². The molecule has 1 amide bonds. The number of amides is 1. The van der Waals surface area contributed by atoms with E-state index in [1.807, 2.05) is 0 Å². The number of carbonyl (C=O) groups excluding carboxylic acids is 1. The van der Waals surface area contributed by atoms with Gasteiger partial charge in [-0.1, -0.05) is 11.5 Å². The number of anilines is 1. The molecule has 7 nitrogen and oxygen atoms in total. The summed E-state index contributed by atoms with van der Waals surface area (Å²) in [7, 11) is 0. The molecule has 2 aliphatic rings. The maximum absolute atomic E-state index is 12.2. The van der Waals surface area contributed by atoms with Gasteiger partial charge < -0.3 is 20.2 Å². The van der Waals surface area contributed by atoms with E-state index >= 15 is 0 Å². The lowest BCUT2D eigenvalue weighted by molar-refractivity contribution is -0.124. The summed E-state index contributed by atoms with van der Waals surface area (Å²) in [5.41, 5.74) is 6.17. The van der Waals surface area contributed by atoms with Gasteiger partial charge in [0.1, 0.15) is 5.75 Å². The monoisotopic (exact) mass is 356 g/mol. The number of carbonyl (C=O) groups is 1. The molecule has 1 aromatic carbocycles. The second-order valence-corrected chi connectivity index (χ2v) is 7.45. The Bertz CT molecular complexity index is 773. The van der Waals surface area contributed by atoms with Crippen molar-refractivity contribution in [3.63, 3.8) is 0 Å². The molecule has 0 saturated heterocycles. The van der Waals surface area contributed by atoms with E-state index in [1.54, 1.807) is 24.3 Å². The molecule has 138 valence electrons. The normalized spacial score (nSPS) is 25.2. The van der Waals surface area contributed by atoms with E-state index in [0.29, 0.717) is 17.6 Å². The average molecular weight is 356 g/mol. The van der Waals surface area contributed by atoms with Crippen molar-refractivity contribution in [3.05, 3.63) is 24.3 Å². The molecule has 2 bridgehead atoms. The number of hydrogen-bond donors (Lipinski definition) is 2. The quantitative estimate of drug-likeness (QED) is 0.825. The first-order chi connectivity index (χ1) is 12.6. The van der Waals surface area contributed by atoms with Crippen LogP contribution in [0.25, 0.3) is 11.5 Å². The number of nitrogens with zero attached hydrogens (tertiary/aromatic N) is 2. The van der Waals surface area contributed by atoms with E-state index in [4.69, 9.17) is 14.9 Å². The van der Waals surface area contributed by atoms with Crippen molar-refractivity contribution in [2.75, 3.05) is 12.3 Å². The van der Waals surface area contributed by atoms with Gasteiger partial charge in [0.05, 0.1) is 0 Å². The predicted octanol–water partition coefficient (Wildman–Crippen LogP) is 2.64. The number of nitrogens with two attached hydrogens (primary N) is 1. The Morgan fingerprint density at radius 2 is 2.12 bits per heavy atom. The van der Waals surface area contributed by atoms with E-state index < -0.39 is 0 Å². The molecule has 3 N–H and O–H groups in total. The van der Waals surface area contributed by atoms with Crippen molar-refractivity contribution < 1.29 is 13.9 Å². The highest BCUT2D eigenvalue weighted by Crippen LogP contribution is 2.49. The van der Waals surface area contributed by atoms with Crippen LogP contribution in [0.15, 0.2) is 28.7 Å². The number of rotatable bonds is 6. The minimum atomic E-state index is -0.0750. The Balaban J connectivity index is 1.26. The van der Waals surface area contributed by atoms with Crippen LogP contribution < -0.4 is 15.8 Å². The van der Waals surface area contributed by atoms with Gasteiger partial charge in [-0.25, -0.2) is 0 Å². The van der Waals surface area contributed by atoms with Gasteiger partial charge in [0.15, 0.2) is 6.61 Å². The summed E-state index contributed by atoms with van der Waals surface area (Å²) in [5.74, 6) is 3.19. The first-order valence-corrected chi connectivity index (χ1v) is 9.20. The topological polar surface area (TPSA) is 103 Å². The molecule has 0 spiro atoms. The Labute approximate surface area is 152 Å². The molecule has 4 rings (SSSR count). The van der Waals surface area contributed by atoms with Gasteiger partial charge >= 0.3 is 6.01 Å². The van der Waals surface area contributed by atoms with Crippen LogP contribution in [-0.4, -0.2) is 28.8 Å². The van der Waals surface area contributed by atoms with Gasteiger partial charge in [-0.05, 0) is 68.2 Å². The summed E-state index contributed by atoms with van der Waals surface area (Å²) < 4.78 is 10.8. The first-order valence-electron chi connectivity index (χ1n) is 9.20. The zero-order valence-electron chi connectivity index (χ0n) is 14.9. The van der Waals surface area contributed by atoms with Crippen LogP contribution in [0.3, 0.4) is 0 Å². The fraction of sp³-hybridized carbons (Fsp3) is 0.526. The molecule has 2 aliphatic carbocycles. The molecule has 7 heteroatoms. The van der Waals surface area contributed by atoms with Gasteiger partial charge in [-0.2, -0.15) is 0 Å². The molecule has 0 unspecified atom stereocenters. The second kappa shape index (κ2) is 6.97. The number of nitrogen functional groups attached to an aromatic ring is 1. The third-order valence-electron chi connectivity index (χ3n) is 5.74. The predicted molar refractivity (Wildman–Crippen MR) is 96.2 cm³/mol. The minimum Gasteiger partial charge on any atom is -0.484 e. The van der Waals surface area contributed by atoms with Gasteiger partial charge in [-0.3, -0.25) is 4.79 Å². The largest absolute Gasteiger partial charge is 0.484 e. The lowest BCUT2D eigenvalue weighted by Crippen LogP contribution is -2.42. The summed E-state index contributed by atoms with van der Waals surface area (Å²) in [6.07, 6.45) is 5.30. The zero-order chi connectivity index (χ0) is 18.1. The Morgan fingerprint density at radius 3 is 2.73 bits per heavy atom. The number of hydrogen-bond acceptors (Lipinski definition) is 6. The van der Waals surface area contributed by atoms with Crippen LogP contribution in [0.2, 0.25) is 0 Å². The summed E-state index contributed by atoms with van der Waals surface area (Å²) >= 11 is 0. The summed E-state index contributed by atoms with van der Waals surface area (Å²) in [5, 5.41) is 10.6. The van der Waals surface area contributed by atoms with Gasteiger partial charge in [-0.15, -0.1) is 5.10 Å². The van der Waals surface area contributed by atoms with Crippen molar-refractivity contribution in [1.82, 2.24) is 15.5 Å². The summed E-state index contributed by atoms with van der Waals surface area (Å²) in [6.45, 7) is 2.13. The Kier molecular flexibility index (Phi) is 4.53. The highest BCUT2D eigenvalue weighted by atomic mass is 16.5. The molecule has 4 atom stereocenters. The number of benzene rings is 1. The number of nitrogens with one attached hydrogen (secondary N) is 1.